The van der Waals surface area contributed by atoms with Crippen LogP contribution in [0.25, 0.3) is 16.5 Å². The van der Waals surface area contributed by atoms with Crippen LogP contribution in [0.3, 0.4) is 0 Å². The molecule has 0 atom stereocenters. The largest absolute Gasteiger partial charge is 0.361 e. The molecule has 1 aliphatic heterocycles. The van der Waals surface area contributed by atoms with Gasteiger partial charge in [-0.25, -0.2) is 0 Å². The molecule has 0 saturated carbocycles. The minimum Gasteiger partial charge on any atom is -0.361 e. The van der Waals surface area contributed by atoms with E-state index in [4.69, 9.17) is 11.6 Å². The zero-order valence-corrected chi connectivity index (χ0v) is 15.0. The minimum absolute atomic E-state index is 0.295. The molecule has 0 fully saturated rings. The number of nitrogens with zero attached hydrogens (tertiary/aromatic N) is 1. The maximum Gasteiger partial charge on any atom is 0.222 e. The summed E-state index contributed by atoms with van der Waals surface area (Å²) in [6.07, 6.45) is 10.4. The molecule has 0 bridgehead atoms. The van der Waals surface area contributed by atoms with Gasteiger partial charge in [-0.15, -0.1) is 0 Å². The lowest BCUT2D eigenvalue weighted by atomic mass is 9.98. The number of unbranched alkanes of at least 4 members (excludes halogenated alkanes) is 3. The Bertz CT molecular complexity index is 747. The maximum absolute atomic E-state index is 12.3. The number of aromatic nitrogens is 1. The third-order valence-corrected chi connectivity index (χ3v) is 5.03. The second-order valence-electron chi connectivity index (χ2n) is 6.52. The van der Waals surface area contributed by atoms with Crippen LogP contribution in [0, 0.1) is 0 Å². The Morgan fingerprint density at radius 2 is 2.17 bits per heavy atom. The molecule has 1 aromatic carbocycles. The molecule has 3 nitrogen and oxygen atoms in total. The molecule has 128 valence electrons. The van der Waals surface area contributed by atoms with E-state index in [-0.39, 0.29) is 0 Å². The highest BCUT2D eigenvalue weighted by Gasteiger charge is 2.19. The van der Waals surface area contributed by atoms with E-state index in [0.29, 0.717) is 12.3 Å². The van der Waals surface area contributed by atoms with E-state index in [9.17, 15) is 4.79 Å². The minimum atomic E-state index is 0.295. The lowest BCUT2D eigenvalue weighted by Gasteiger charge is -2.26. The third-order valence-electron chi connectivity index (χ3n) is 4.80. The van der Waals surface area contributed by atoms with Crippen molar-refractivity contribution in [2.75, 3.05) is 13.1 Å². The highest BCUT2D eigenvalue weighted by Crippen LogP contribution is 2.31. The first kappa shape index (κ1) is 17.1. The summed E-state index contributed by atoms with van der Waals surface area (Å²) in [5.74, 6) is 0.295. The van der Waals surface area contributed by atoms with Gasteiger partial charge in [0, 0.05) is 47.2 Å². The first-order chi connectivity index (χ1) is 11.7. The molecular formula is C20H25ClN2O. The lowest BCUT2D eigenvalue weighted by molar-refractivity contribution is -0.130. The van der Waals surface area contributed by atoms with Crippen LogP contribution in [-0.2, 0) is 4.79 Å². The van der Waals surface area contributed by atoms with E-state index in [1.54, 1.807) is 0 Å². The van der Waals surface area contributed by atoms with Crippen LogP contribution in [-0.4, -0.2) is 28.9 Å². The normalized spacial score (nSPS) is 14.9. The Morgan fingerprint density at radius 1 is 1.29 bits per heavy atom. The number of hydrogen-bond donors (Lipinski definition) is 1. The first-order valence-electron chi connectivity index (χ1n) is 8.93. The fourth-order valence-corrected chi connectivity index (χ4v) is 3.53. The SMILES string of the molecule is CCCCCCC(=O)N1CC=C(c2c[nH]c3ccc(Cl)cc23)CC1. The molecule has 0 radical (unpaired) electrons. The van der Waals surface area contributed by atoms with Crippen LogP contribution in [0.5, 0.6) is 0 Å². The molecule has 24 heavy (non-hydrogen) atoms. The van der Waals surface area contributed by atoms with Gasteiger partial charge in [0.05, 0.1) is 0 Å². The van der Waals surface area contributed by atoms with Gasteiger partial charge in [-0.2, -0.15) is 0 Å². The summed E-state index contributed by atoms with van der Waals surface area (Å²) in [6.45, 7) is 3.72. The molecule has 0 spiro atoms. The number of carbonyl (C=O) groups is 1. The predicted molar refractivity (Wildman–Crippen MR) is 101 cm³/mol. The number of amides is 1. The van der Waals surface area contributed by atoms with Crippen molar-refractivity contribution < 1.29 is 4.79 Å². The smallest absolute Gasteiger partial charge is 0.222 e. The van der Waals surface area contributed by atoms with Gasteiger partial charge in [0.25, 0.3) is 0 Å². The number of rotatable bonds is 6. The number of halogens is 1. The summed E-state index contributed by atoms with van der Waals surface area (Å²) in [6, 6.07) is 5.92. The van der Waals surface area contributed by atoms with Crippen molar-refractivity contribution in [3.05, 3.63) is 41.1 Å². The molecule has 0 aliphatic carbocycles. The van der Waals surface area contributed by atoms with Gasteiger partial charge in [0.15, 0.2) is 0 Å². The molecule has 4 heteroatoms. The van der Waals surface area contributed by atoms with E-state index in [0.717, 1.165) is 48.3 Å². The molecule has 1 aliphatic rings. The van der Waals surface area contributed by atoms with Crippen molar-refractivity contribution in [1.82, 2.24) is 9.88 Å². The summed E-state index contributed by atoms with van der Waals surface area (Å²) < 4.78 is 0. The average molecular weight is 345 g/mol. The van der Waals surface area contributed by atoms with Crippen molar-refractivity contribution in [3.63, 3.8) is 0 Å². The van der Waals surface area contributed by atoms with Crippen molar-refractivity contribution >= 4 is 34.0 Å². The molecule has 0 unspecified atom stereocenters. The summed E-state index contributed by atoms with van der Waals surface area (Å²) in [5, 5.41) is 1.91. The maximum atomic E-state index is 12.3. The fourth-order valence-electron chi connectivity index (χ4n) is 3.36. The topological polar surface area (TPSA) is 36.1 Å². The highest BCUT2D eigenvalue weighted by atomic mass is 35.5. The predicted octanol–water partition coefficient (Wildman–Crippen LogP) is 5.41. The molecule has 1 N–H and O–H groups in total. The fraction of sp³-hybridized carbons (Fsp3) is 0.450. The van der Waals surface area contributed by atoms with Crippen molar-refractivity contribution in [1.29, 1.82) is 0 Å². The average Bonchev–Trinajstić information content (AvgIpc) is 3.01. The van der Waals surface area contributed by atoms with Gasteiger partial charge in [-0.3, -0.25) is 4.79 Å². The van der Waals surface area contributed by atoms with Crippen LogP contribution >= 0.6 is 11.6 Å². The Balaban J connectivity index is 1.64. The second-order valence-corrected chi connectivity index (χ2v) is 6.96. The summed E-state index contributed by atoms with van der Waals surface area (Å²) >= 11 is 6.14. The summed E-state index contributed by atoms with van der Waals surface area (Å²) in [5.41, 5.74) is 3.62. The summed E-state index contributed by atoms with van der Waals surface area (Å²) in [4.78, 5) is 17.6. The van der Waals surface area contributed by atoms with Crippen LogP contribution in [0.2, 0.25) is 5.02 Å². The number of fused-ring (bicyclic) bond motifs is 1. The van der Waals surface area contributed by atoms with Gasteiger partial charge >= 0.3 is 0 Å². The van der Waals surface area contributed by atoms with E-state index in [1.165, 1.54) is 24.0 Å². The van der Waals surface area contributed by atoms with E-state index < -0.39 is 0 Å². The van der Waals surface area contributed by atoms with E-state index in [1.807, 2.05) is 23.1 Å². The van der Waals surface area contributed by atoms with Crippen LogP contribution < -0.4 is 0 Å². The quantitative estimate of drug-likeness (QED) is 0.699. The van der Waals surface area contributed by atoms with Crippen molar-refractivity contribution in [2.24, 2.45) is 0 Å². The molecule has 3 rings (SSSR count). The zero-order valence-electron chi connectivity index (χ0n) is 14.3. The van der Waals surface area contributed by atoms with Gasteiger partial charge in [-0.05, 0) is 36.6 Å². The number of hydrogen-bond acceptors (Lipinski definition) is 1. The molecule has 1 aromatic heterocycles. The van der Waals surface area contributed by atoms with Gasteiger partial charge in [-0.1, -0.05) is 43.9 Å². The van der Waals surface area contributed by atoms with Crippen LogP contribution in [0.4, 0.5) is 0 Å². The van der Waals surface area contributed by atoms with Gasteiger partial charge in [0.2, 0.25) is 5.91 Å². The second kappa shape index (κ2) is 7.89. The Kier molecular flexibility index (Phi) is 5.62. The lowest BCUT2D eigenvalue weighted by Crippen LogP contribution is -2.34. The van der Waals surface area contributed by atoms with Gasteiger partial charge in [0.1, 0.15) is 0 Å². The Morgan fingerprint density at radius 3 is 2.92 bits per heavy atom. The van der Waals surface area contributed by atoms with Crippen molar-refractivity contribution in [2.45, 2.75) is 45.4 Å². The van der Waals surface area contributed by atoms with Gasteiger partial charge < -0.3 is 9.88 Å². The first-order valence-corrected chi connectivity index (χ1v) is 9.30. The molecule has 1 amide bonds. The number of nitrogens with one attached hydrogen (secondary N) is 1. The van der Waals surface area contributed by atoms with E-state index >= 15 is 0 Å². The third kappa shape index (κ3) is 3.84. The monoisotopic (exact) mass is 344 g/mol. The van der Waals surface area contributed by atoms with Crippen LogP contribution in [0.15, 0.2) is 30.5 Å². The highest BCUT2D eigenvalue weighted by molar-refractivity contribution is 6.31. The Hall–Kier alpha value is -1.74. The molecule has 2 heterocycles. The van der Waals surface area contributed by atoms with Crippen molar-refractivity contribution in [3.8, 4) is 0 Å². The molecule has 0 saturated heterocycles. The zero-order chi connectivity index (χ0) is 16.9. The number of H-pyrrole nitrogens is 1. The standard InChI is InChI=1S/C20H25ClN2O/c1-2-3-4-5-6-20(24)23-11-9-15(10-12-23)18-14-22-19-8-7-16(21)13-17(18)19/h7-9,13-14,22H,2-6,10-12H2,1H3. The summed E-state index contributed by atoms with van der Waals surface area (Å²) in [7, 11) is 0. The molecule has 2 aromatic rings. The number of benzene rings is 1. The number of carbonyl (C=O) groups excluding carboxylic acids is 1. The number of aromatic amines is 1. The van der Waals surface area contributed by atoms with Crippen LogP contribution in [0.1, 0.15) is 51.0 Å². The molecular weight excluding hydrogens is 320 g/mol. The Labute approximate surface area is 148 Å². The van der Waals surface area contributed by atoms with E-state index in [2.05, 4.69) is 24.2 Å².